The molecule has 1 aliphatic rings. The van der Waals surface area contributed by atoms with Crippen molar-refractivity contribution >= 4 is 22.3 Å². The first-order valence-corrected chi connectivity index (χ1v) is 5.55. The molecule has 0 fully saturated rings. The second-order valence-electron chi connectivity index (χ2n) is 4.08. The van der Waals surface area contributed by atoms with Crippen molar-refractivity contribution in [1.29, 1.82) is 0 Å². The van der Waals surface area contributed by atoms with Crippen molar-refractivity contribution in [2.45, 2.75) is 19.3 Å². The van der Waals surface area contributed by atoms with E-state index in [1.807, 2.05) is 12.1 Å². The lowest BCUT2D eigenvalue weighted by molar-refractivity contribution is 0.935. The summed E-state index contributed by atoms with van der Waals surface area (Å²) in [5.74, 6) is 0.577. The molecule has 1 aromatic heterocycles. The normalized spacial score (nSPS) is 15.4. The van der Waals surface area contributed by atoms with Gasteiger partial charge in [-0.05, 0) is 36.5 Å². The number of nitrogens with two attached hydrogens (primary N) is 1. The van der Waals surface area contributed by atoms with Crippen LogP contribution in [0, 0.1) is 0 Å². The van der Waals surface area contributed by atoms with Crippen molar-refractivity contribution in [2.24, 2.45) is 0 Å². The molecule has 0 atom stereocenters. The van der Waals surface area contributed by atoms with Gasteiger partial charge in [-0.3, -0.25) is 0 Å². The third-order valence-corrected chi connectivity index (χ3v) is 3.08. The molecule has 2 aromatic rings. The maximum atomic E-state index is 5.95. The van der Waals surface area contributed by atoms with Crippen molar-refractivity contribution in [1.82, 2.24) is 9.97 Å². The first kappa shape index (κ1) is 9.33. The van der Waals surface area contributed by atoms with Crippen LogP contribution in [-0.4, -0.2) is 9.97 Å². The van der Waals surface area contributed by atoms with Gasteiger partial charge in [-0.2, -0.15) is 0 Å². The summed E-state index contributed by atoms with van der Waals surface area (Å²) in [5.41, 5.74) is 9.46. The molecule has 1 aliphatic carbocycles. The molecule has 0 saturated carbocycles. The lowest BCUT2D eigenvalue weighted by Crippen LogP contribution is -1.96. The number of hydrogen-bond acceptors (Lipinski definition) is 3. The molecule has 1 heterocycles. The zero-order valence-electron chi connectivity index (χ0n) is 8.98. The lowest BCUT2D eigenvalue weighted by Gasteiger charge is -2.08. The Balaban J connectivity index is 2.31. The summed E-state index contributed by atoms with van der Waals surface area (Å²) in [4.78, 5) is 8.33. The van der Waals surface area contributed by atoms with E-state index in [9.17, 15) is 0 Å². The maximum absolute atomic E-state index is 5.95. The van der Waals surface area contributed by atoms with Crippen molar-refractivity contribution in [3.05, 3.63) is 36.2 Å². The first-order chi connectivity index (χ1) is 7.86. The topological polar surface area (TPSA) is 51.8 Å². The molecule has 80 valence electrons. The molecule has 2 N–H and O–H groups in total. The molecule has 0 unspecified atom stereocenters. The van der Waals surface area contributed by atoms with Gasteiger partial charge in [0.2, 0.25) is 0 Å². The summed E-state index contributed by atoms with van der Waals surface area (Å²) >= 11 is 0. The fourth-order valence-electron chi connectivity index (χ4n) is 2.32. The predicted molar refractivity (Wildman–Crippen MR) is 65.8 cm³/mol. The van der Waals surface area contributed by atoms with E-state index in [2.05, 4.69) is 22.1 Å². The van der Waals surface area contributed by atoms with Crippen LogP contribution in [0.15, 0.2) is 30.6 Å². The fraction of sp³-hybridized carbons (Fsp3) is 0.231. The van der Waals surface area contributed by atoms with E-state index in [1.54, 1.807) is 0 Å². The first-order valence-electron chi connectivity index (χ1n) is 5.55. The highest BCUT2D eigenvalue weighted by atomic mass is 14.9. The SMILES string of the molecule is Nc1ncnc2cccc(C3=CCCC3)c12. The molecule has 0 radical (unpaired) electrons. The minimum atomic E-state index is 0.577. The predicted octanol–water partition coefficient (Wildman–Crippen LogP) is 2.78. The van der Waals surface area contributed by atoms with Crippen LogP contribution < -0.4 is 5.73 Å². The number of nitrogens with zero attached hydrogens (tertiary/aromatic N) is 2. The average molecular weight is 211 g/mol. The van der Waals surface area contributed by atoms with Gasteiger partial charge in [0, 0.05) is 5.39 Å². The van der Waals surface area contributed by atoms with E-state index in [0.29, 0.717) is 5.82 Å². The summed E-state index contributed by atoms with van der Waals surface area (Å²) in [6.45, 7) is 0. The third-order valence-electron chi connectivity index (χ3n) is 3.08. The highest BCUT2D eigenvalue weighted by molar-refractivity contribution is 5.98. The van der Waals surface area contributed by atoms with Gasteiger partial charge in [0.15, 0.2) is 0 Å². The molecule has 0 aliphatic heterocycles. The minimum Gasteiger partial charge on any atom is -0.383 e. The molecule has 0 saturated heterocycles. The van der Waals surface area contributed by atoms with Gasteiger partial charge in [0.25, 0.3) is 0 Å². The van der Waals surface area contributed by atoms with Crippen molar-refractivity contribution in [3.8, 4) is 0 Å². The van der Waals surface area contributed by atoms with Crippen LogP contribution in [0.2, 0.25) is 0 Å². The summed E-state index contributed by atoms with van der Waals surface area (Å²) in [5, 5.41) is 0.998. The van der Waals surface area contributed by atoms with Crippen LogP contribution in [-0.2, 0) is 0 Å². The smallest absolute Gasteiger partial charge is 0.135 e. The van der Waals surface area contributed by atoms with Crippen molar-refractivity contribution in [3.63, 3.8) is 0 Å². The van der Waals surface area contributed by atoms with Crippen LogP contribution in [0.25, 0.3) is 16.5 Å². The molecular weight excluding hydrogens is 198 g/mol. The van der Waals surface area contributed by atoms with Gasteiger partial charge < -0.3 is 5.73 Å². The number of rotatable bonds is 1. The van der Waals surface area contributed by atoms with Gasteiger partial charge in [0.1, 0.15) is 12.1 Å². The zero-order valence-corrected chi connectivity index (χ0v) is 8.98. The molecule has 3 rings (SSSR count). The van der Waals surface area contributed by atoms with Gasteiger partial charge >= 0.3 is 0 Å². The number of nitrogen functional groups attached to an aromatic ring is 1. The quantitative estimate of drug-likeness (QED) is 0.789. The van der Waals surface area contributed by atoms with Crippen LogP contribution >= 0.6 is 0 Å². The van der Waals surface area contributed by atoms with Crippen molar-refractivity contribution in [2.75, 3.05) is 5.73 Å². The molecule has 3 nitrogen and oxygen atoms in total. The minimum absolute atomic E-state index is 0.577. The van der Waals surface area contributed by atoms with E-state index in [-0.39, 0.29) is 0 Å². The molecular formula is C13H13N3. The fourth-order valence-corrected chi connectivity index (χ4v) is 2.32. The standard InChI is InChI=1S/C13H13N3/c14-13-12-10(9-4-1-2-5-9)6-3-7-11(12)15-8-16-13/h3-4,6-8H,1-2,5H2,(H2,14,15,16). The Kier molecular flexibility index (Phi) is 2.10. The molecule has 0 bridgehead atoms. The second-order valence-corrected chi connectivity index (χ2v) is 4.08. The average Bonchev–Trinajstić information content (AvgIpc) is 2.82. The molecule has 16 heavy (non-hydrogen) atoms. The number of aromatic nitrogens is 2. The Labute approximate surface area is 94.0 Å². The van der Waals surface area contributed by atoms with Crippen LogP contribution in [0.3, 0.4) is 0 Å². The Bertz CT molecular complexity index is 567. The molecule has 1 aromatic carbocycles. The second kappa shape index (κ2) is 3.59. The summed E-state index contributed by atoms with van der Waals surface area (Å²) in [6, 6.07) is 6.12. The number of allylic oxidation sites excluding steroid dienone is 2. The summed E-state index contributed by atoms with van der Waals surface area (Å²) in [6.07, 6.45) is 7.35. The lowest BCUT2D eigenvalue weighted by atomic mass is 10.0. The van der Waals surface area contributed by atoms with E-state index < -0.39 is 0 Å². The Morgan fingerprint density at radius 2 is 2.12 bits per heavy atom. The Hall–Kier alpha value is -1.90. The number of benzene rings is 1. The highest BCUT2D eigenvalue weighted by Gasteiger charge is 2.12. The Morgan fingerprint density at radius 1 is 1.19 bits per heavy atom. The van der Waals surface area contributed by atoms with E-state index in [0.717, 1.165) is 17.3 Å². The summed E-state index contributed by atoms with van der Waals surface area (Å²) < 4.78 is 0. The number of hydrogen-bond donors (Lipinski definition) is 1. The van der Waals surface area contributed by atoms with Crippen molar-refractivity contribution < 1.29 is 0 Å². The molecule has 3 heteroatoms. The van der Waals surface area contributed by atoms with E-state index in [1.165, 1.54) is 30.3 Å². The summed E-state index contributed by atoms with van der Waals surface area (Å²) in [7, 11) is 0. The Morgan fingerprint density at radius 3 is 2.94 bits per heavy atom. The highest BCUT2D eigenvalue weighted by Crippen LogP contribution is 2.33. The molecule has 0 amide bonds. The number of fused-ring (bicyclic) bond motifs is 1. The van der Waals surface area contributed by atoms with Crippen LogP contribution in [0.5, 0.6) is 0 Å². The third kappa shape index (κ3) is 1.36. The maximum Gasteiger partial charge on any atom is 0.135 e. The van der Waals surface area contributed by atoms with Crippen LogP contribution in [0.1, 0.15) is 24.8 Å². The van der Waals surface area contributed by atoms with E-state index >= 15 is 0 Å². The van der Waals surface area contributed by atoms with Gasteiger partial charge in [-0.15, -0.1) is 0 Å². The van der Waals surface area contributed by atoms with E-state index in [4.69, 9.17) is 5.73 Å². The zero-order chi connectivity index (χ0) is 11.0. The number of anilines is 1. The van der Waals surface area contributed by atoms with Gasteiger partial charge in [-0.25, -0.2) is 9.97 Å². The monoisotopic (exact) mass is 211 g/mol. The molecule has 0 spiro atoms. The van der Waals surface area contributed by atoms with Crippen LogP contribution in [0.4, 0.5) is 5.82 Å². The van der Waals surface area contributed by atoms with Gasteiger partial charge in [-0.1, -0.05) is 18.2 Å². The largest absolute Gasteiger partial charge is 0.383 e. The van der Waals surface area contributed by atoms with Gasteiger partial charge in [0.05, 0.1) is 5.52 Å².